The molecule has 0 atom stereocenters. The number of alkyl halides is 3. The number of piperidine rings is 1. The number of sulfonamides is 1. The average Bonchev–Trinajstić information content (AvgIpc) is 2.66. The molecule has 0 spiro atoms. The minimum absolute atomic E-state index is 0.174. The second-order valence-electron chi connectivity index (χ2n) is 6.97. The monoisotopic (exact) mass is 430 g/mol. The first-order chi connectivity index (χ1) is 13.5. The lowest BCUT2D eigenvalue weighted by molar-refractivity contribution is -0.137. The highest BCUT2D eigenvalue weighted by atomic mass is 32.2. The van der Waals surface area contributed by atoms with Gasteiger partial charge in [-0.3, -0.25) is 4.79 Å². The molecule has 0 bridgehead atoms. The molecule has 0 aliphatic carbocycles. The van der Waals surface area contributed by atoms with E-state index in [0.29, 0.717) is 18.6 Å². The predicted molar refractivity (Wildman–Crippen MR) is 100 cm³/mol. The van der Waals surface area contributed by atoms with Crippen LogP contribution in [0.3, 0.4) is 0 Å². The molecular formula is C19H21F3N2O4S. The fourth-order valence-corrected chi connectivity index (χ4v) is 4.62. The molecule has 1 aliphatic heterocycles. The van der Waals surface area contributed by atoms with Crippen LogP contribution >= 0.6 is 0 Å². The summed E-state index contributed by atoms with van der Waals surface area (Å²) in [7, 11) is -2.22. The molecule has 0 unspecified atom stereocenters. The Kier molecular flexibility index (Phi) is 5.77. The summed E-state index contributed by atoms with van der Waals surface area (Å²) >= 11 is 0. The van der Waals surface area contributed by atoms with Crippen molar-refractivity contribution in [3.63, 3.8) is 0 Å². The van der Waals surface area contributed by atoms with Crippen molar-refractivity contribution < 1.29 is 26.3 Å². The summed E-state index contributed by atoms with van der Waals surface area (Å²) in [5.74, 6) is 0.439. The maximum Gasteiger partial charge on any atom is 0.416 e. The molecule has 2 heterocycles. The molecule has 1 aliphatic rings. The summed E-state index contributed by atoms with van der Waals surface area (Å²) in [6.07, 6.45) is -3.95. The van der Waals surface area contributed by atoms with Crippen molar-refractivity contribution >= 4 is 10.0 Å². The molecule has 29 heavy (non-hydrogen) atoms. The third kappa shape index (κ3) is 4.64. The highest BCUT2D eigenvalue weighted by Gasteiger charge is 2.33. The lowest BCUT2D eigenvalue weighted by Crippen LogP contribution is -2.41. The lowest BCUT2D eigenvalue weighted by atomic mass is 10.1. The Balaban J connectivity index is 1.66. The number of aryl methyl sites for hydroxylation is 1. The summed E-state index contributed by atoms with van der Waals surface area (Å²) in [6, 6.07) is 6.61. The maximum absolute atomic E-state index is 12.7. The zero-order chi connectivity index (χ0) is 21.4. The number of aromatic nitrogens is 1. The molecule has 1 aromatic carbocycles. The molecule has 1 fully saturated rings. The van der Waals surface area contributed by atoms with Gasteiger partial charge in [-0.1, -0.05) is 0 Å². The van der Waals surface area contributed by atoms with Crippen molar-refractivity contribution in [2.24, 2.45) is 7.05 Å². The van der Waals surface area contributed by atoms with Crippen LogP contribution in [0.15, 0.2) is 46.1 Å². The van der Waals surface area contributed by atoms with E-state index in [1.807, 2.05) is 0 Å². The van der Waals surface area contributed by atoms with Crippen LogP contribution in [-0.2, 0) is 23.2 Å². The Morgan fingerprint density at radius 2 is 1.66 bits per heavy atom. The second kappa shape index (κ2) is 7.83. The lowest BCUT2D eigenvalue weighted by Gasteiger charge is -2.31. The van der Waals surface area contributed by atoms with Crippen LogP contribution in [0.1, 0.15) is 24.1 Å². The molecule has 3 rings (SSSR count). The first-order valence-electron chi connectivity index (χ1n) is 9.00. The van der Waals surface area contributed by atoms with Crippen molar-refractivity contribution in [2.75, 3.05) is 13.1 Å². The topological polar surface area (TPSA) is 68.6 Å². The van der Waals surface area contributed by atoms with Gasteiger partial charge in [-0.15, -0.1) is 0 Å². The molecule has 1 saturated heterocycles. The van der Waals surface area contributed by atoms with Gasteiger partial charge in [0.05, 0.1) is 10.5 Å². The number of hydrogen-bond donors (Lipinski definition) is 0. The van der Waals surface area contributed by atoms with Gasteiger partial charge in [0.15, 0.2) is 0 Å². The fraction of sp³-hybridized carbons (Fsp3) is 0.421. The van der Waals surface area contributed by atoms with Gasteiger partial charge in [0.1, 0.15) is 11.9 Å². The van der Waals surface area contributed by atoms with Gasteiger partial charge in [0.25, 0.3) is 5.56 Å². The number of ether oxygens (including phenoxy) is 1. The van der Waals surface area contributed by atoms with E-state index >= 15 is 0 Å². The Morgan fingerprint density at radius 1 is 1.07 bits per heavy atom. The minimum Gasteiger partial charge on any atom is -0.490 e. The number of hydrogen-bond acceptors (Lipinski definition) is 4. The molecule has 6 nitrogen and oxygen atoms in total. The SMILES string of the molecule is Cc1cc(OC2CCN(S(=O)(=O)c3ccc(C(F)(F)F)cc3)CC2)cc(=O)n1C. The highest BCUT2D eigenvalue weighted by molar-refractivity contribution is 7.89. The number of pyridine rings is 1. The Morgan fingerprint density at radius 3 is 2.17 bits per heavy atom. The number of nitrogens with zero attached hydrogens (tertiary/aromatic N) is 2. The third-order valence-corrected chi connectivity index (χ3v) is 6.91. The van der Waals surface area contributed by atoms with Crippen LogP contribution in [0.5, 0.6) is 5.75 Å². The molecule has 1 aromatic heterocycles. The molecular weight excluding hydrogens is 409 g/mol. The van der Waals surface area contributed by atoms with E-state index in [-0.39, 0.29) is 29.6 Å². The first kappa shape index (κ1) is 21.4. The van der Waals surface area contributed by atoms with Crippen LogP contribution in [0.25, 0.3) is 0 Å². The van der Waals surface area contributed by atoms with Crippen molar-refractivity contribution in [1.82, 2.24) is 8.87 Å². The van der Waals surface area contributed by atoms with Crippen molar-refractivity contribution in [2.45, 2.75) is 36.9 Å². The van der Waals surface area contributed by atoms with E-state index < -0.39 is 21.8 Å². The molecule has 0 amide bonds. The predicted octanol–water partition coefficient (Wildman–Crippen LogP) is 2.94. The van der Waals surface area contributed by atoms with E-state index in [1.54, 1.807) is 20.0 Å². The molecule has 2 aromatic rings. The summed E-state index contributed by atoms with van der Waals surface area (Å²) in [6.45, 7) is 2.14. The number of rotatable bonds is 4. The van der Waals surface area contributed by atoms with Gasteiger partial charge in [-0.2, -0.15) is 17.5 Å². The zero-order valence-electron chi connectivity index (χ0n) is 15.9. The highest BCUT2D eigenvalue weighted by Crippen LogP contribution is 2.31. The van der Waals surface area contributed by atoms with Crippen molar-refractivity contribution in [3.8, 4) is 5.75 Å². The van der Waals surface area contributed by atoms with Crippen LogP contribution in [0, 0.1) is 6.92 Å². The number of halogens is 3. The quantitative estimate of drug-likeness (QED) is 0.748. The third-order valence-electron chi connectivity index (χ3n) is 5.00. The van der Waals surface area contributed by atoms with Crippen molar-refractivity contribution in [1.29, 1.82) is 0 Å². The van der Waals surface area contributed by atoms with E-state index in [1.165, 1.54) is 14.9 Å². The molecule has 0 N–H and O–H groups in total. The van der Waals surface area contributed by atoms with E-state index in [2.05, 4.69) is 0 Å². The first-order valence-corrected chi connectivity index (χ1v) is 10.4. The van der Waals surface area contributed by atoms with Gasteiger partial charge in [-0.25, -0.2) is 8.42 Å². The Hall–Kier alpha value is -2.33. The summed E-state index contributed by atoms with van der Waals surface area (Å²) in [4.78, 5) is 11.7. The molecule has 10 heteroatoms. The summed E-state index contributed by atoms with van der Waals surface area (Å²) < 4.78 is 72.0. The van der Waals surface area contributed by atoms with Crippen LogP contribution < -0.4 is 10.3 Å². The van der Waals surface area contributed by atoms with Crippen LogP contribution in [0.2, 0.25) is 0 Å². The normalized spacial score (nSPS) is 16.7. The van der Waals surface area contributed by atoms with Gasteiger partial charge >= 0.3 is 6.18 Å². The Bertz CT molecular complexity index is 1040. The zero-order valence-corrected chi connectivity index (χ0v) is 16.8. The molecule has 158 valence electrons. The van der Waals surface area contributed by atoms with Gasteiger partial charge in [0.2, 0.25) is 10.0 Å². The summed E-state index contributed by atoms with van der Waals surface area (Å²) in [5, 5.41) is 0. The Labute approximate surface area is 166 Å². The average molecular weight is 430 g/mol. The molecule has 0 radical (unpaired) electrons. The number of benzene rings is 1. The smallest absolute Gasteiger partial charge is 0.416 e. The van der Waals surface area contributed by atoms with E-state index in [4.69, 9.17) is 4.74 Å². The largest absolute Gasteiger partial charge is 0.490 e. The van der Waals surface area contributed by atoms with Gasteiger partial charge in [-0.05, 0) is 50.1 Å². The van der Waals surface area contributed by atoms with Crippen LogP contribution in [0.4, 0.5) is 13.2 Å². The van der Waals surface area contributed by atoms with Crippen LogP contribution in [-0.4, -0.2) is 36.5 Å². The fourth-order valence-electron chi connectivity index (χ4n) is 3.15. The maximum atomic E-state index is 12.7. The van der Waals surface area contributed by atoms with Crippen molar-refractivity contribution in [3.05, 3.63) is 58.0 Å². The van der Waals surface area contributed by atoms with Gasteiger partial charge < -0.3 is 9.30 Å². The van der Waals surface area contributed by atoms with Gasteiger partial charge in [0, 0.05) is 31.9 Å². The van der Waals surface area contributed by atoms with E-state index in [0.717, 1.165) is 30.0 Å². The van der Waals surface area contributed by atoms with E-state index in [9.17, 15) is 26.4 Å². The summed E-state index contributed by atoms with van der Waals surface area (Å²) in [5.41, 5.74) is -0.343. The molecule has 0 saturated carbocycles. The minimum atomic E-state index is -4.52. The standard InChI is InChI=1S/C19H21F3N2O4S/c1-13-11-16(12-18(25)23(13)2)28-15-7-9-24(10-8-15)29(26,27)17-5-3-14(4-6-17)19(20,21)22/h3-6,11-12,15H,7-10H2,1-2H3. The second-order valence-corrected chi connectivity index (χ2v) is 8.91.